The number of carbonyl (C=O) groups is 1. The number of aliphatic carboxylic acids is 1. The van der Waals surface area contributed by atoms with Crippen molar-refractivity contribution in [1.82, 2.24) is 4.98 Å². The molecule has 1 aliphatic heterocycles. The maximum atomic E-state index is 11.0. The second kappa shape index (κ2) is 5.93. The fourth-order valence-corrected chi connectivity index (χ4v) is 2.92. The summed E-state index contributed by atoms with van der Waals surface area (Å²) in [6.45, 7) is 3.66. The zero-order valence-electron chi connectivity index (χ0n) is 12.9. The highest BCUT2D eigenvalue weighted by Crippen LogP contribution is 2.33. The summed E-state index contributed by atoms with van der Waals surface area (Å²) in [5.41, 5.74) is 9.13. The van der Waals surface area contributed by atoms with E-state index in [1.165, 1.54) is 0 Å². The average Bonchev–Trinajstić information content (AvgIpc) is 2.75. The van der Waals surface area contributed by atoms with E-state index >= 15 is 0 Å². The van der Waals surface area contributed by atoms with Gasteiger partial charge in [-0.1, -0.05) is 6.82 Å². The van der Waals surface area contributed by atoms with Crippen LogP contribution in [0.5, 0.6) is 11.6 Å². The second-order valence-corrected chi connectivity index (χ2v) is 5.64. The first-order valence-electron chi connectivity index (χ1n) is 7.35. The Balaban J connectivity index is 1.93. The van der Waals surface area contributed by atoms with Crippen LogP contribution < -0.4 is 15.9 Å². The van der Waals surface area contributed by atoms with Gasteiger partial charge in [-0.25, -0.2) is 4.98 Å². The van der Waals surface area contributed by atoms with Gasteiger partial charge in [0.2, 0.25) is 5.88 Å². The standard InChI is InChI=1S/C16H17BN2O4/c1-9-5-11(22-14-6-10(18)3-4-19-14)7-12-16(9)13(8-15(20)21)23-17(12)2/h3-7,13H,8H2,1-2H3,(H2,18,19)(H,20,21). The summed E-state index contributed by atoms with van der Waals surface area (Å²) >= 11 is 0. The lowest BCUT2D eigenvalue weighted by Gasteiger charge is -2.14. The maximum absolute atomic E-state index is 11.0. The molecule has 0 saturated heterocycles. The predicted molar refractivity (Wildman–Crippen MR) is 87.2 cm³/mol. The van der Waals surface area contributed by atoms with Crippen molar-refractivity contribution in [2.45, 2.75) is 26.3 Å². The van der Waals surface area contributed by atoms with Crippen molar-refractivity contribution in [2.24, 2.45) is 0 Å². The van der Waals surface area contributed by atoms with E-state index in [0.717, 1.165) is 16.6 Å². The highest BCUT2D eigenvalue weighted by molar-refractivity contribution is 6.67. The van der Waals surface area contributed by atoms with Crippen LogP contribution in [0.3, 0.4) is 0 Å². The van der Waals surface area contributed by atoms with Crippen LogP contribution in [0.15, 0.2) is 30.5 Å². The zero-order valence-corrected chi connectivity index (χ0v) is 12.9. The molecule has 6 nitrogen and oxygen atoms in total. The van der Waals surface area contributed by atoms with E-state index in [-0.39, 0.29) is 13.3 Å². The van der Waals surface area contributed by atoms with Gasteiger partial charge in [-0.05, 0) is 41.7 Å². The van der Waals surface area contributed by atoms with Gasteiger partial charge < -0.3 is 20.2 Å². The van der Waals surface area contributed by atoms with E-state index in [4.69, 9.17) is 20.2 Å². The number of benzene rings is 1. The van der Waals surface area contributed by atoms with Gasteiger partial charge in [-0.3, -0.25) is 4.79 Å². The van der Waals surface area contributed by atoms with Crippen LogP contribution in [0.2, 0.25) is 6.82 Å². The fraction of sp³-hybridized carbons (Fsp3) is 0.250. The highest BCUT2D eigenvalue weighted by atomic mass is 16.5. The molecule has 1 atom stereocenters. The van der Waals surface area contributed by atoms with Gasteiger partial charge in [0, 0.05) is 18.0 Å². The van der Waals surface area contributed by atoms with Gasteiger partial charge in [-0.2, -0.15) is 0 Å². The number of hydrogen-bond acceptors (Lipinski definition) is 5. The summed E-state index contributed by atoms with van der Waals surface area (Å²) in [4.78, 5) is 15.1. The number of nitrogens with zero attached hydrogens (tertiary/aromatic N) is 1. The Labute approximate surface area is 134 Å². The molecular formula is C16H17BN2O4. The lowest BCUT2D eigenvalue weighted by Crippen LogP contribution is -2.24. The molecule has 3 rings (SSSR count). The predicted octanol–water partition coefficient (Wildman–Crippen LogP) is 2.14. The molecule has 1 aromatic heterocycles. The van der Waals surface area contributed by atoms with Gasteiger partial charge in [0.1, 0.15) is 5.75 Å². The first-order valence-corrected chi connectivity index (χ1v) is 7.35. The number of hydrogen-bond donors (Lipinski definition) is 2. The summed E-state index contributed by atoms with van der Waals surface area (Å²) in [6, 6.07) is 7.07. The summed E-state index contributed by atoms with van der Waals surface area (Å²) in [5, 5.41) is 9.03. The van der Waals surface area contributed by atoms with Crippen molar-refractivity contribution in [3.63, 3.8) is 0 Å². The summed E-state index contributed by atoms with van der Waals surface area (Å²) in [6.07, 6.45) is 1.12. The van der Waals surface area contributed by atoms with Gasteiger partial charge >= 0.3 is 12.9 Å². The lowest BCUT2D eigenvalue weighted by atomic mass is 9.63. The zero-order chi connectivity index (χ0) is 16.6. The molecule has 0 fully saturated rings. The molecule has 1 aromatic carbocycles. The van der Waals surface area contributed by atoms with Crippen LogP contribution in [0.1, 0.15) is 23.7 Å². The van der Waals surface area contributed by atoms with E-state index in [1.807, 2.05) is 25.9 Å². The summed E-state index contributed by atoms with van der Waals surface area (Å²) < 4.78 is 11.5. The smallest absolute Gasteiger partial charge is 0.324 e. The Kier molecular flexibility index (Phi) is 3.96. The molecule has 1 unspecified atom stereocenters. The Morgan fingerprint density at radius 1 is 1.48 bits per heavy atom. The van der Waals surface area contributed by atoms with Crippen LogP contribution in [-0.2, 0) is 9.45 Å². The molecule has 3 N–H and O–H groups in total. The number of pyridine rings is 1. The molecule has 0 saturated carbocycles. The Hall–Kier alpha value is -2.54. The monoisotopic (exact) mass is 312 g/mol. The highest BCUT2D eigenvalue weighted by Gasteiger charge is 2.35. The van der Waals surface area contributed by atoms with E-state index in [9.17, 15) is 4.79 Å². The van der Waals surface area contributed by atoms with Gasteiger partial charge in [0.25, 0.3) is 0 Å². The van der Waals surface area contributed by atoms with E-state index in [0.29, 0.717) is 17.3 Å². The van der Waals surface area contributed by atoms with Crippen molar-refractivity contribution in [3.8, 4) is 11.6 Å². The molecule has 0 bridgehead atoms. The quantitative estimate of drug-likeness (QED) is 0.840. The number of aryl methyl sites for hydroxylation is 1. The van der Waals surface area contributed by atoms with Crippen LogP contribution in [0.4, 0.5) is 5.69 Å². The molecule has 0 aliphatic carbocycles. The third-order valence-electron chi connectivity index (χ3n) is 3.86. The molecule has 1 aliphatic rings. The Morgan fingerprint density at radius 3 is 2.96 bits per heavy atom. The minimum absolute atomic E-state index is 0.0465. The first kappa shape index (κ1) is 15.4. The van der Waals surface area contributed by atoms with Crippen molar-refractivity contribution < 1.29 is 19.3 Å². The molecule has 2 aromatic rings. The topological polar surface area (TPSA) is 94.7 Å². The number of ether oxygens (including phenoxy) is 1. The van der Waals surface area contributed by atoms with Gasteiger partial charge in [0.15, 0.2) is 0 Å². The molecular weight excluding hydrogens is 295 g/mol. The molecule has 7 heteroatoms. The Morgan fingerprint density at radius 2 is 2.26 bits per heavy atom. The normalized spacial score (nSPS) is 16.3. The Bertz CT molecular complexity index is 766. The van der Waals surface area contributed by atoms with E-state index in [2.05, 4.69) is 4.98 Å². The fourth-order valence-electron chi connectivity index (χ4n) is 2.92. The van der Waals surface area contributed by atoms with Crippen LogP contribution >= 0.6 is 0 Å². The van der Waals surface area contributed by atoms with Crippen molar-refractivity contribution in [3.05, 3.63) is 41.6 Å². The number of rotatable bonds is 4. The number of anilines is 1. The minimum Gasteiger partial charge on any atom is -0.481 e. The first-order chi connectivity index (χ1) is 10.9. The number of carboxylic acid groups (broad SMARTS) is 1. The summed E-state index contributed by atoms with van der Waals surface area (Å²) in [5.74, 6) is 0.169. The van der Waals surface area contributed by atoms with Crippen LogP contribution in [0, 0.1) is 6.92 Å². The number of aromatic nitrogens is 1. The van der Waals surface area contributed by atoms with E-state index in [1.54, 1.807) is 18.3 Å². The third-order valence-corrected chi connectivity index (χ3v) is 3.86. The van der Waals surface area contributed by atoms with Gasteiger partial charge in [0.05, 0.1) is 12.5 Å². The summed E-state index contributed by atoms with van der Waals surface area (Å²) in [7, 11) is 0. The van der Waals surface area contributed by atoms with Crippen molar-refractivity contribution in [2.75, 3.05) is 5.73 Å². The van der Waals surface area contributed by atoms with Crippen LogP contribution in [0.25, 0.3) is 0 Å². The SMILES string of the molecule is CB1OC(CC(=O)O)c2c(C)cc(Oc3cc(N)ccn3)cc21. The van der Waals surface area contributed by atoms with Gasteiger partial charge in [-0.15, -0.1) is 0 Å². The molecule has 23 heavy (non-hydrogen) atoms. The number of nitrogen functional groups attached to an aromatic ring is 1. The van der Waals surface area contributed by atoms with Crippen molar-refractivity contribution in [1.29, 1.82) is 0 Å². The average molecular weight is 312 g/mol. The molecule has 0 radical (unpaired) electrons. The number of nitrogens with two attached hydrogens (primary N) is 1. The molecule has 0 spiro atoms. The third kappa shape index (κ3) is 3.14. The second-order valence-electron chi connectivity index (χ2n) is 5.64. The number of carboxylic acids is 1. The molecule has 0 amide bonds. The van der Waals surface area contributed by atoms with E-state index < -0.39 is 12.1 Å². The lowest BCUT2D eigenvalue weighted by molar-refractivity contribution is -0.138. The number of fused-ring (bicyclic) bond motifs is 1. The van der Waals surface area contributed by atoms with Crippen LogP contribution in [-0.4, -0.2) is 23.0 Å². The largest absolute Gasteiger partial charge is 0.481 e. The van der Waals surface area contributed by atoms with Crippen molar-refractivity contribution >= 4 is 24.0 Å². The molecule has 2 heterocycles. The minimum atomic E-state index is -0.876. The molecule has 118 valence electrons. The maximum Gasteiger partial charge on any atom is 0.324 e.